The quantitative estimate of drug-likeness (QED) is 0.306. The second-order valence-corrected chi connectivity index (χ2v) is 10.3. The average Bonchev–Trinajstić information content (AvgIpc) is 3.52. The van der Waals surface area contributed by atoms with E-state index in [-0.39, 0.29) is 22.8 Å². The van der Waals surface area contributed by atoms with E-state index in [4.69, 9.17) is 4.74 Å². The number of benzene rings is 3. The van der Waals surface area contributed by atoms with Gasteiger partial charge in [-0.25, -0.2) is 4.39 Å². The van der Waals surface area contributed by atoms with Crippen LogP contribution in [0.5, 0.6) is 5.75 Å². The smallest absolute Gasteiger partial charge is 0.291 e. The van der Waals surface area contributed by atoms with Crippen LogP contribution in [0.15, 0.2) is 76.0 Å². The van der Waals surface area contributed by atoms with E-state index in [1.165, 1.54) is 16.6 Å². The van der Waals surface area contributed by atoms with E-state index < -0.39 is 5.56 Å². The molecular weight excluding hydrogens is 559 g/mol. The van der Waals surface area contributed by atoms with Gasteiger partial charge in [0.1, 0.15) is 16.1 Å². The van der Waals surface area contributed by atoms with E-state index >= 15 is 0 Å². The monoisotopic (exact) mass is 576 g/mol. The van der Waals surface area contributed by atoms with Crippen molar-refractivity contribution in [2.45, 2.75) is 13.5 Å². The number of anilines is 1. The molecule has 0 N–H and O–H groups in total. The van der Waals surface area contributed by atoms with E-state index in [0.29, 0.717) is 34.2 Å². The Morgan fingerprint density at radius 1 is 1.03 bits per heavy atom. The van der Waals surface area contributed by atoms with Crippen LogP contribution in [0.25, 0.3) is 21.9 Å². The minimum Gasteiger partial charge on any atom is -0.494 e. The van der Waals surface area contributed by atoms with Crippen molar-refractivity contribution < 1.29 is 13.9 Å². The third-order valence-electron chi connectivity index (χ3n) is 6.04. The van der Waals surface area contributed by atoms with Crippen LogP contribution in [0.3, 0.4) is 0 Å². The van der Waals surface area contributed by atoms with Gasteiger partial charge >= 0.3 is 0 Å². The van der Waals surface area contributed by atoms with Crippen molar-refractivity contribution in [3.8, 4) is 17.1 Å². The summed E-state index contributed by atoms with van der Waals surface area (Å²) in [5.41, 5.74) is 2.77. The topological polar surface area (TPSA) is 76.8 Å². The minimum atomic E-state index is -0.400. The Labute approximate surface area is 222 Å². The SMILES string of the molecule is CCOc1ccc(-c2nc3s/c(=C4\C(=O)N(Cc5ccc(F)cc5)c5ccc(Br)cc54)c(=O)n3n2)cc1. The highest BCUT2D eigenvalue weighted by Crippen LogP contribution is 2.38. The van der Waals surface area contributed by atoms with Crippen molar-refractivity contribution in [1.82, 2.24) is 14.6 Å². The molecule has 10 heteroatoms. The molecule has 0 saturated carbocycles. The second-order valence-electron chi connectivity index (χ2n) is 8.38. The molecule has 0 spiro atoms. The maximum absolute atomic E-state index is 13.7. The Balaban J connectivity index is 1.45. The molecule has 0 fully saturated rings. The molecule has 5 aromatic rings. The van der Waals surface area contributed by atoms with Crippen LogP contribution in [0.1, 0.15) is 18.1 Å². The van der Waals surface area contributed by atoms with Crippen LogP contribution < -0.4 is 19.7 Å². The third kappa shape index (κ3) is 4.11. The van der Waals surface area contributed by atoms with Crippen LogP contribution in [0, 0.1) is 5.82 Å². The lowest BCUT2D eigenvalue weighted by molar-refractivity contribution is -0.113. The fourth-order valence-electron chi connectivity index (χ4n) is 4.33. The number of hydrogen-bond donors (Lipinski definition) is 0. The van der Waals surface area contributed by atoms with Gasteiger partial charge in [-0.3, -0.25) is 9.59 Å². The van der Waals surface area contributed by atoms with Crippen LogP contribution in [0.2, 0.25) is 0 Å². The molecule has 2 aromatic heterocycles. The molecule has 1 aliphatic rings. The Bertz CT molecular complexity index is 1780. The largest absolute Gasteiger partial charge is 0.494 e. The molecule has 0 unspecified atom stereocenters. The van der Waals surface area contributed by atoms with Gasteiger partial charge in [0.2, 0.25) is 4.96 Å². The number of carbonyl (C=O) groups excluding carboxylic acids is 1. The van der Waals surface area contributed by atoms with Gasteiger partial charge in [-0.15, -0.1) is 5.10 Å². The first-order valence-electron chi connectivity index (χ1n) is 11.5. The Hall–Kier alpha value is -3.89. The van der Waals surface area contributed by atoms with E-state index in [2.05, 4.69) is 26.0 Å². The van der Waals surface area contributed by atoms with Crippen LogP contribution >= 0.6 is 27.3 Å². The van der Waals surface area contributed by atoms with Gasteiger partial charge in [-0.2, -0.15) is 9.50 Å². The van der Waals surface area contributed by atoms with Crippen LogP contribution in [-0.4, -0.2) is 27.1 Å². The van der Waals surface area contributed by atoms with Crippen molar-refractivity contribution >= 4 is 49.4 Å². The van der Waals surface area contributed by atoms with Crippen LogP contribution in [0.4, 0.5) is 10.1 Å². The lowest BCUT2D eigenvalue weighted by Crippen LogP contribution is -2.32. The molecule has 0 aliphatic carbocycles. The maximum atomic E-state index is 13.7. The normalized spacial score (nSPS) is 14.5. The maximum Gasteiger partial charge on any atom is 0.291 e. The van der Waals surface area contributed by atoms with Gasteiger partial charge in [0.05, 0.1) is 24.4 Å². The molecule has 0 atom stereocenters. The summed E-state index contributed by atoms with van der Waals surface area (Å²) in [5, 5.41) is 4.42. The van der Waals surface area contributed by atoms with Gasteiger partial charge < -0.3 is 9.64 Å². The lowest BCUT2D eigenvalue weighted by atomic mass is 10.1. The predicted molar refractivity (Wildman–Crippen MR) is 143 cm³/mol. The fourth-order valence-corrected chi connectivity index (χ4v) is 5.69. The third-order valence-corrected chi connectivity index (χ3v) is 7.56. The van der Waals surface area contributed by atoms with Gasteiger partial charge in [0, 0.05) is 15.6 Å². The first kappa shape index (κ1) is 23.5. The summed E-state index contributed by atoms with van der Waals surface area (Å²) in [6.07, 6.45) is 0. The number of nitrogens with zero attached hydrogens (tertiary/aromatic N) is 4. The summed E-state index contributed by atoms with van der Waals surface area (Å²) in [5.74, 6) is 0.515. The van der Waals surface area contributed by atoms with Crippen molar-refractivity contribution in [2.24, 2.45) is 0 Å². The van der Waals surface area contributed by atoms with E-state index in [1.54, 1.807) is 17.0 Å². The standard InChI is InChI=1S/C27H18BrFN4O3S/c1-2-36-19-10-5-16(6-11-19)24-30-27-33(31-24)26(35)23(37-27)22-20-13-17(28)7-12-21(20)32(25(22)34)14-15-3-8-18(29)9-4-15/h3-13H,2,14H2,1H3/b23-22-. The zero-order valence-electron chi connectivity index (χ0n) is 19.4. The first-order chi connectivity index (χ1) is 17.9. The first-order valence-corrected chi connectivity index (χ1v) is 13.1. The molecule has 37 heavy (non-hydrogen) atoms. The molecule has 7 nitrogen and oxygen atoms in total. The minimum absolute atomic E-state index is 0.244. The lowest BCUT2D eigenvalue weighted by Gasteiger charge is -2.17. The molecule has 0 bridgehead atoms. The number of halogens is 2. The van der Waals surface area contributed by atoms with Gasteiger partial charge in [0.15, 0.2) is 5.82 Å². The van der Waals surface area contributed by atoms with E-state index in [9.17, 15) is 14.0 Å². The zero-order valence-corrected chi connectivity index (χ0v) is 21.8. The number of carbonyl (C=O) groups is 1. The highest BCUT2D eigenvalue weighted by Gasteiger charge is 2.34. The summed E-state index contributed by atoms with van der Waals surface area (Å²) < 4.78 is 21.2. The van der Waals surface area contributed by atoms with Crippen molar-refractivity contribution in [3.63, 3.8) is 0 Å². The summed E-state index contributed by atoms with van der Waals surface area (Å²) in [4.78, 5) is 33.7. The van der Waals surface area contributed by atoms with E-state index in [0.717, 1.165) is 32.7 Å². The van der Waals surface area contributed by atoms with E-state index in [1.807, 2.05) is 49.4 Å². The average molecular weight is 577 g/mol. The number of amides is 1. The molecule has 3 heterocycles. The summed E-state index contributed by atoms with van der Waals surface area (Å²) >= 11 is 4.61. The molecule has 1 amide bonds. The van der Waals surface area contributed by atoms with Gasteiger partial charge in [-0.05, 0) is 67.1 Å². The number of aromatic nitrogens is 3. The molecular formula is C27H18BrFN4O3S. The molecule has 1 aliphatic heterocycles. The van der Waals surface area contributed by atoms with Gasteiger partial charge in [0.25, 0.3) is 11.5 Å². The number of hydrogen-bond acceptors (Lipinski definition) is 6. The highest BCUT2D eigenvalue weighted by molar-refractivity contribution is 9.10. The van der Waals surface area contributed by atoms with Crippen LogP contribution in [-0.2, 0) is 11.3 Å². The molecule has 0 saturated heterocycles. The van der Waals surface area contributed by atoms with Crippen molar-refractivity contribution in [2.75, 3.05) is 11.5 Å². The Kier molecular flexibility index (Phi) is 5.85. The molecule has 3 aromatic carbocycles. The van der Waals surface area contributed by atoms with Crippen molar-refractivity contribution in [3.05, 3.63) is 103 Å². The zero-order chi connectivity index (χ0) is 25.7. The summed E-state index contributed by atoms with van der Waals surface area (Å²) in [7, 11) is 0. The fraction of sp³-hybridized carbons (Fsp3) is 0.111. The summed E-state index contributed by atoms with van der Waals surface area (Å²) in [6, 6.07) is 18.8. The summed E-state index contributed by atoms with van der Waals surface area (Å²) in [6.45, 7) is 2.73. The molecule has 0 radical (unpaired) electrons. The molecule has 6 rings (SSSR count). The number of thiazole rings is 1. The predicted octanol–water partition coefficient (Wildman–Crippen LogP) is 4.58. The number of rotatable bonds is 5. The Morgan fingerprint density at radius 2 is 1.78 bits per heavy atom. The Morgan fingerprint density at radius 3 is 2.49 bits per heavy atom. The van der Waals surface area contributed by atoms with Crippen molar-refractivity contribution in [1.29, 1.82) is 0 Å². The number of ether oxygens (including phenoxy) is 1. The highest BCUT2D eigenvalue weighted by atomic mass is 79.9. The molecule has 184 valence electrons. The second kappa shape index (κ2) is 9.20. The number of fused-ring (bicyclic) bond motifs is 2. The van der Waals surface area contributed by atoms with Gasteiger partial charge in [-0.1, -0.05) is 39.4 Å².